The van der Waals surface area contributed by atoms with Crippen molar-refractivity contribution in [3.63, 3.8) is 0 Å². The van der Waals surface area contributed by atoms with Crippen molar-refractivity contribution in [2.24, 2.45) is 0 Å². The maximum atomic E-state index is 12.5. The summed E-state index contributed by atoms with van der Waals surface area (Å²) in [7, 11) is 3.71. The van der Waals surface area contributed by atoms with Gasteiger partial charge in [0.1, 0.15) is 0 Å². The van der Waals surface area contributed by atoms with E-state index < -0.39 is 5.97 Å². The summed E-state index contributed by atoms with van der Waals surface area (Å²) < 4.78 is 0. The first-order valence-corrected chi connectivity index (χ1v) is 8.79. The fourth-order valence-electron chi connectivity index (χ4n) is 3.30. The number of carbonyl (C=O) groups is 2. The summed E-state index contributed by atoms with van der Waals surface area (Å²) in [6.45, 7) is 4.85. The zero-order valence-electron chi connectivity index (χ0n) is 15.4. The molecule has 1 fully saturated rings. The number of aryl methyl sites for hydroxylation is 1. The second-order valence-electron chi connectivity index (χ2n) is 6.99. The molecule has 0 spiro atoms. The quantitative estimate of drug-likeness (QED) is 0.808. The first-order chi connectivity index (χ1) is 11.9. The van der Waals surface area contributed by atoms with Gasteiger partial charge in [-0.3, -0.25) is 19.4 Å². The van der Waals surface area contributed by atoms with Gasteiger partial charge in [-0.05, 0) is 37.9 Å². The summed E-state index contributed by atoms with van der Waals surface area (Å²) in [5, 5.41) is 8.88. The van der Waals surface area contributed by atoms with Crippen molar-refractivity contribution in [2.45, 2.75) is 32.4 Å². The molecule has 6 heteroatoms. The predicted molar refractivity (Wildman–Crippen MR) is 97.4 cm³/mol. The average Bonchev–Trinajstić information content (AvgIpc) is 2.56. The van der Waals surface area contributed by atoms with Crippen LogP contribution in [0.1, 0.15) is 24.0 Å². The number of hydrogen-bond donors (Lipinski definition) is 1. The van der Waals surface area contributed by atoms with Crippen molar-refractivity contribution in [1.29, 1.82) is 0 Å². The molecule has 1 aliphatic rings. The lowest BCUT2D eigenvalue weighted by Crippen LogP contribution is -2.47. The van der Waals surface area contributed by atoms with E-state index in [4.69, 9.17) is 5.11 Å². The number of piperidine rings is 1. The topological polar surface area (TPSA) is 64.1 Å². The highest BCUT2D eigenvalue weighted by atomic mass is 16.4. The summed E-state index contributed by atoms with van der Waals surface area (Å²) in [5.41, 5.74) is 2.37. The predicted octanol–water partition coefficient (Wildman–Crippen LogP) is 1.43. The number of hydrogen-bond acceptors (Lipinski definition) is 4. The van der Waals surface area contributed by atoms with Crippen LogP contribution in [0.5, 0.6) is 0 Å². The number of likely N-dealkylation sites (tertiary alicyclic amines) is 1. The van der Waals surface area contributed by atoms with E-state index in [2.05, 4.69) is 24.0 Å². The molecule has 138 valence electrons. The second kappa shape index (κ2) is 8.97. The number of amides is 1. The second-order valence-corrected chi connectivity index (χ2v) is 6.99. The number of aliphatic carboxylic acids is 1. The average molecular weight is 347 g/mol. The maximum absolute atomic E-state index is 12.5. The Morgan fingerprint density at radius 2 is 1.84 bits per heavy atom. The Labute approximate surface area is 150 Å². The van der Waals surface area contributed by atoms with Crippen LogP contribution in [-0.2, 0) is 16.1 Å². The first kappa shape index (κ1) is 19.4. The van der Waals surface area contributed by atoms with Crippen LogP contribution in [0.2, 0.25) is 0 Å². The van der Waals surface area contributed by atoms with E-state index in [0.717, 1.165) is 25.9 Å². The molecule has 1 aromatic rings. The van der Waals surface area contributed by atoms with Gasteiger partial charge in [0.05, 0.1) is 13.1 Å². The molecule has 1 aliphatic heterocycles. The summed E-state index contributed by atoms with van der Waals surface area (Å²) >= 11 is 0. The molecule has 0 aliphatic carbocycles. The Bertz CT molecular complexity index is 597. The molecule has 1 heterocycles. The molecule has 1 saturated heterocycles. The molecule has 0 radical (unpaired) electrons. The van der Waals surface area contributed by atoms with Crippen molar-refractivity contribution in [3.8, 4) is 0 Å². The molecule has 1 aromatic carbocycles. The Kier molecular flexibility index (Phi) is 6.96. The highest BCUT2D eigenvalue weighted by Crippen LogP contribution is 2.16. The molecule has 25 heavy (non-hydrogen) atoms. The van der Waals surface area contributed by atoms with Crippen LogP contribution in [0.15, 0.2) is 24.3 Å². The highest BCUT2D eigenvalue weighted by molar-refractivity contribution is 5.78. The lowest BCUT2D eigenvalue weighted by molar-refractivity contribution is -0.138. The lowest BCUT2D eigenvalue weighted by Gasteiger charge is -2.36. The molecule has 1 amide bonds. The zero-order valence-corrected chi connectivity index (χ0v) is 15.4. The van der Waals surface area contributed by atoms with Crippen molar-refractivity contribution in [2.75, 3.05) is 40.3 Å². The van der Waals surface area contributed by atoms with E-state index in [1.807, 2.05) is 31.1 Å². The van der Waals surface area contributed by atoms with Crippen molar-refractivity contribution in [3.05, 3.63) is 35.4 Å². The van der Waals surface area contributed by atoms with Gasteiger partial charge in [-0.2, -0.15) is 0 Å². The molecule has 2 rings (SSSR count). The first-order valence-electron chi connectivity index (χ1n) is 8.79. The van der Waals surface area contributed by atoms with Crippen LogP contribution in [0.4, 0.5) is 0 Å². The van der Waals surface area contributed by atoms with Crippen LogP contribution in [0, 0.1) is 6.92 Å². The third kappa shape index (κ3) is 5.83. The Hall–Kier alpha value is -1.92. The fourth-order valence-corrected chi connectivity index (χ4v) is 3.30. The normalized spacial score (nSPS) is 16.2. The van der Waals surface area contributed by atoms with Crippen LogP contribution in [-0.4, -0.2) is 78.0 Å². The van der Waals surface area contributed by atoms with Gasteiger partial charge in [-0.25, -0.2) is 0 Å². The van der Waals surface area contributed by atoms with E-state index in [1.165, 1.54) is 11.1 Å². The molecule has 0 unspecified atom stereocenters. The maximum Gasteiger partial charge on any atom is 0.317 e. The summed E-state index contributed by atoms with van der Waals surface area (Å²) in [6, 6.07) is 8.41. The van der Waals surface area contributed by atoms with E-state index in [-0.39, 0.29) is 18.5 Å². The van der Waals surface area contributed by atoms with E-state index in [1.54, 1.807) is 4.90 Å². The van der Waals surface area contributed by atoms with Crippen molar-refractivity contribution < 1.29 is 14.7 Å². The van der Waals surface area contributed by atoms with Gasteiger partial charge < -0.3 is 10.0 Å². The van der Waals surface area contributed by atoms with E-state index >= 15 is 0 Å². The standard InChI is InChI=1S/C19H29N3O3/c1-15-6-4-5-7-16(15)12-21(3)18(23)13-22-10-8-17(9-11-22)20(2)14-19(24)25/h4-7,17H,8-14H2,1-3H3,(H,24,25). The van der Waals surface area contributed by atoms with Gasteiger partial charge in [-0.15, -0.1) is 0 Å². The van der Waals surface area contributed by atoms with Crippen LogP contribution >= 0.6 is 0 Å². The number of carboxylic acids is 1. The fraction of sp³-hybridized carbons (Fsp3) is 0.579. The molecule has 1 N–H and O–H groups in total. The number of likely N-dealkylation sites (N-methyl/N-ethyl adjacent to an activating group) is 2. The summed E-state index contributed by atoms with van der Waals surface area (Å²) in [6.07, 6.45) is 1.80. The molecular weight excluding hydrogens is 318 g/mol. The lowest BCUT2D eigenvalue weighted by atomic mass is 10.0. The largest absolute Gasteiger partial charge is 0.480 e. The molecule has 6 nitrogen and oxygen atoms in total. The highest BCUT2D eigenvalue weighted by Gasteiger charge is 2.25. The number of benzene rings is 1. The Morgan fingerprint density at radius 1 is 1.20 bits per heavy atom. The molecule has 0 saturated carbocycles. The molecule has 0 bridgehead atoms. The number of carbonyl (C=O) groups excluding carboxylic acids is 1. The number of nitrogens with zero attached hydrogens (tertiary/aromatic N) is 3. The van der Waals surface area contributed by atoms with Crippen molar-refractivity contribution >= 4 is 11.9 Å². The van der Waals surface area contributed by atoms with Crippen LogP contribution in [0.3, 0.4) is 0 Å². The monoisotopic (exact) mass is 347 g/mol. The van der Waals surface area contributed by atoms with Crippen LogP contribution < -0.4 is 0 Å². The third-order valence-electron chi connectivity index (χ3n) is 5.02. The molecule has 0 atom stereocenters. The van der Waals surface area contributed by atoms with Gasteiger partial charge in [-0.1, -0.05) is 24.3 Å². The summed E-state index contributed by atoms with van der Waals surface area (Å²) in [5.74, 6) is -0.668. The Balaban J connectivity index is 1.78. The molecular formula is C19H29N3O3. The minimum Gasteiger partial charge on any atom is -0.480 e. The third-order valence-corrected chi connectivity index (χ3v) is 5.02. The number of rotatable bonds is 7. The van der Waals surface area contributed by atoms with Gasteiger partial charge >= 0.3 is 5.97 Å². The molecule has 0 aromatic heterocycles. The van der Waals surface area contributed by atoms with Crippen molar-refractivity contribution in [1.82, 2.24) is 14.7 Å². The zero-order chi connectivity index (χ0) is 18.4. The number of carboxylic acid groups (broad SMARTS) is 1. The smallest absolute Gasteiger partial charge is 0.317 e. The summed E-state index contributed by atoms with van der Waals surface area (Å²) in [4.78, 5) is 29.1. The van der Waals surface area contributed by atoms with Gasteiger partial charge in [0, 0.05) is 32.7 Å². The van der Waals surface area contributed by atoms with Crippen LogP contribution in [0.25, 0.3) is 0 Å². The Morgan fingerprint density at radius 3 is 2.44 bits per heavy atom. The van der Waals surface area contributed by atoms with E-state index in [0.29, 0.717) is 13.1 Å². The minimum absolute atomic E-state index is 0.0722. The SMILES string of the molecule is Cc1ccccc1CN(C)C(=O)CN1CCC(N(C)CC(=O)O)CC1. The van der Waals surface area contributed by atoms with Gasteiger partial charge in [0.15, 0.2) is 0 Å². The van der Waals surface area contributed by atoms with Gasteiger partial charge in [0.25, 0.3) is 0 Å². The van der Waals surface area contributed by atoms with Gasteiger partial charge in [0.2, 0.25) is 5.91 Å². The van der Waals surface area contributed by atoms with E-state index in [9.17, 15) is 9.59 Å². The minimum atomic E-state index is -0.794.